The van der Waals surface area contributed by atoms with Crippen LogP contribution in [0.1, 0.15) is 40.7 Å². The van der Waals surface area contributed by atoms with Gasteiger partial charge < -0.3 is 4.90 Å². The summed E-state index contributed by atoms with van der Waals surface area (Å²) < 4.78 is 27.8. The van der Waals surface area contributed by atoms with Crippen molar-refractivity contribution in [2.75, 3.05) is 13.1 Å². The summed E-state index contributed by atoms with van der Waals surface area (Å²) in [5.74, 6) is -0.0912. The first kappa shape index (κ1) is 18.5. The summed E-state index contributed by atoms with van der Waals surface area (Å²) in [6.45, 7) is 3.44. The summed E-state index contributed by atoms with van der Waals surface area (Å²) in [6, 6.07) is 8.27. The van der Waals surface area contributed by atoms with Gasteiger partial charge >= 0.3 is 0 Å². The fourth-order valence-electron chi connectivity index (χ4n) is 3.03. The number of carbonyl (C=O) groups excluding carboxylic acids is 1. The fraction of sp³-hybridized carbons (Fsp3) is 0.368. The summed E-state index contributed by atoms with van der Waals surface area (Å²) in [5.41, 5.74) is 2.01. The Morgan fingerprint density at radius 2 is 1.96 bits per heavy atom. The highest BCUT2D eigenvalue weighted by molar-refractivity contribution is 7.89. The minimum atomic E-state index is -3.71. The van der Waals surface area contributed by atoms with Crippen molar-refractivity contribution in [3.63, 3.8) is 0 Å². The quantitative estimate of drug-likeness (QED) is 0.873. The number of benzene rings is 1. The van der Waals surface area contributed by atoms with E-state index in [1.807, 2.05) is 11.8 Å². The Morgan fingerprint density at radius 1 is 1.19 bits per heavy atom. The van der Waals surface area contributed by atoms with E-state index in [4.69, 9.17) is 0 Å². The number of carbonyl (C=O) groups is 1. The highest BCUT2D eigenvalue weighted by atomic mass is 32.2. The molecule has 6 nitrogen and oxygen atoms in total. The number of hydrogen-bond acceptors (Lipinski definition) is 4. The minimum Gasteiger partial charge on any atom is -0.339 e. The molecule has 1 aliphatic heterocycles. The molecule has 138 valence electrons. The largest absolute Gasteiger partial charge is 0.339 e. The lowest BCUT2D eigenvalue weighted by atomic mass is 10.1. The predicted octanol–water partition coefficient (Wildman–Crippen LogP) is 2.49. The van der Waals surface area contributed by atoms with E-state index in [9.17, 15) is 13.2 Å². The van der Waals surface area contributed by atoms with Crippen LogP contribution in [-0.2, 0) is 16.6 Å². The van der Waals surface area contributed by atoms with E-state index in [0.29, 0.717) is 5.56 Å². The lowest BCUT2D eigenvalue weighted by molar-refractivity contribution is 0.0723. The Balaban J connectivity index is 1.80. The summed E-state index contributed by atoms with van der Waals surface area (Å²) in [6.07, 6.45) is 6.37. The molecule has 1 fully saturated rings. The van der Waals surface area contributed by atoms with Crippen LogP contribution in [0.15, 0.2) is 47.6 Å². The van der Waals surface area contributed by atoms with Crippen LogP contribution in [0, 0.1) is 6.92 Å². The number of piperidine rings is 1. The monoisotopic (exact) mass is 373 g/mol. The number of aryl methyl sites for hydroxylation is 1. The van der Waals surface area contributed by atoms with Crippen molar-refractivity contribution >= 4 is 15.9 Å². The van der Waals surface area contributed by atoms with E-state index >= 15 is 0 Å². The van der Waals surface area contributed by atoms with Gasteiger partial charge in [-0.15, -0.1) is 0 Å². The zero-order chi connectivity index (χ0) is 18.6. The van der Waals surface area contributed by atoms with E-state index in [1.54, 1.807) is 30.6 Å². The molecule has 0 atom stereocenters. The predicted molar refractivity (Wildman–Crippen MR) is 99.2 cm³/mol. The van der Waals surface area contributed by atoms with E-state index in [2.05, 4.69) is 9.71 Å². The lowest BCUT2D eigenvalue weighted by Crippen LogP contribution is -2.36. The molecule has 2 heterocycles. The SMILES string of the molecule is Cc1ccc(S(=O)(=O)NCc2cccnc2)cc1C(=O)N1CCCCC1. The third-order valence-electron chi connectivity index (χ3n) is 4.58. The molecule has 0 unspecified atom stereocenters. The van der Waals surface area contributed by atoms with Gasteiger partial charge in [0.1, 0.15) is 0 Å². The van der Waals surface area contributed by atoms with Gasteiger partial charge in [-0.1, -0.05) is 12.1 Å². The Bertz CT molecular complexity index is 876. The second kappa shape index (κ2) is 7.97. The van der Waals surface area contributed by atoms with Crippen LogP contribution in [0.2, 0.25) is 0 Å². The third kappa shape index (κ3) is 4.28. The van der Waals surface area contributed by atoms with E-state index in [-0.39, 0.29) is 17.3 Å². The molecule has 1 amide bonds. The van der Waals surface area contributed by atoms with Crippen molar-refractivity contribution in [3.05, 3.63) is 59.4 Å². The molecule has 0 radical (unpaired) electrons. The van der Waals surface area contributed by atoms with Crippen molar-refractivity contribution in [1.29, 1.82) is 0 Å². The number of hydrogen-bond donors (Lipinski definition) is 1. The van der Waals surface area contributed by atoms with Gasteiger partial charge in [-0.05, 0) is 55.5 Å². The van der Waals surface area contributed by atoms with Gasteiger partial charge in [-0.3, -0.25) is 9.78 Å². The molecule has 3 rings (SSSR count). The lowest BCUT2D eigenvalue weighted by Gasteiger charge is -2.27. The standard InChI is InChI=1S/C19H23N3O3S/c1-15-7-8-17(12-18(15)19(23)22-10-3-2-4-11-22)26(24,25)21-14-16-6-5-9-20-13-16/h5-9,12-13,21H,2-4,10-11,14H2,1H3. The second-order valence-electron chi connectivity index (χ2n) is 6.52. The Kier molecular flexibility index (Phi) is 5.68. The summed E-state index contributed by atoms with van der Waals surface area (Å²) >= 11 is 0. The van der Waals surface area contributed by atoms with Crippen LogP contribution in [-0.4, -0.2) is 37.3 Å². The topological polar surface area (TPSA) is 79.4 Å². The van der Waals surface area contributed by atoms with Crippen LogP contribution in [0.3, 0.4) is 0 Å². The average Bonchev–Trinajstić information content (AvgIpc) is 2.68. The smallest absolute Gasteiger partial charge is 0.254 e. The highest BCUT2D eigenvalue weighted by Gasteiger charge is 2.22. The van der Waals surface area contributed by atoms with Gasteiger partial charge in [-0.25, -0.2) is 13.1 Å². The van der Waals surface area contributed by atoms with Crippen LogP contribution >= 0.6 is 0 Å². The van der Waals surface area contributed by atoms with Crippen molar-refractivity contribution in [2.45, 2.75) is 37.6 Å². The average molecular weight is 373 g/mol. The van der Waals surface area contributed by atoms with Crippen LogP contribution in [0.25, 0.3) is 0 Å². The van der Waals surface area contributed by atoms with Crippen molar-refractivity contribution in [2.24, 2.45) is 0 Å². The number of nitrogens with zero attached hydrogens (tertiary/aromatic N) is 2. The molecule has 1 N–H and O–H groups in total. The normalized spacial score (nSPS) is 15.0. The first-order valence-electron chi connectivity index (χ1n) is 8.76. The molecule has 2 aromatic rings. The molecular formula is C19H23N3O3S. The molecule has 26 heavy (non-hydrogen) atoms. The third-order valence-corrected chi connectivity index (χ3v) is 5.98. The summed E-state index contributed by atoms with van der Waals surface area (Å²) in [7, 11) is -3.71. The van der Waals surface area contributed by atoms with Gasteiger partial charge in [0.2, 0.25) is 10.0 Å². The molecule has 1 saturated heterocycles. The van der Waals surface area contributed by atoms with Gasteiger partial charge in [-0.2, -0.15) is 0 Å². The fourth-order valence-corrected chi connectivity index (χ4v) is 4.07. The Morgan fingerprint density at radius 3 is 2.65 bits per heavy atom. The van der Waals surface area contributed by atoms with Gasteiger partial charge in [0.15, 0.2) is 0 Å². The van der Waals surface area contributed by atoms with Crippen molar-refractivity contribution < 1.29 is 13.2 Å². The van der Waals surface area contributed by atoms with Crippen LogP contribution in [0.4, 0.5) is 0 Å². The number of sulfonamides is 1. The molecule has 1 aromatic carbocycles. The molecule has 0 spiro atoms. The Labute approximate surface area is 154 Å². The number of amides is 1. The maximum Gasteiger partial charge on any atom is 0.254 e. The summed E-state index contributed by atoms with van der Waals surface area (Å²) in [5, 5.41) is 0. The molecule has 0 aliphatic carbocycles. The van der Waals surface area contributed by atoms with Gasteiger partial charge in [0.25, 0.3) is 5.91 Å². The van der Waals surface area contributed by atoms with Crippen LogP contribution < -0.4 is 4.72 Å². The molecule has 1 aliphatic rings. The summed E-state index contributed by atoms with van der Waals surface area (Å²) in [4.78, 5) is 18.7. The highest BCUT2D eigenvalue weighted by Crippen LogP contribution is 2.20. The van der Waals surface area contributed by atoms with Crippen LogP contribution in [0.5, 0.6) is 0 Å². The van der Waals surface area contributed by atoms with E-state index in [1.165, 1.54) is 12.1 Å². The zero-order valence-corrected chi connectivity index (χ0v) is 15.6. The molecule has 0 saturated carbocycles. The number of rotatable bonds is 5. The first-order chi connectivity index (χ1) is 12.5. The molecule has 7 heteroatoms. The number of nitrogens with one attached hydrogen (secondary N) is 1. The van der Waals surface area contributed by atoms with Gasteiger partial charge in [0, 0.05) is 37.6 Å². The maximum atomic E-state index is 12.8. The zero-order valence-electron chi connectivity index (χ0n) is 14.8. The molecular weight excluding hydrogens is 350 g/mol. The number of aromatic nitrogens is 1. The second-order valence-corrected chi connectivity index (χ2v) is 8.28. The first-order valence-corrected chi connectivity index (χ1v) is 10.2. The molecule has 0 bridgehead atoms. The van der Waals surface area contributed by atoms with E-state index < -0.39 is 10.0 Å². The Hall–Kier alpha value is -2.25. The minimum absolute atomic E-state index is 0.0912. The van der Waals surface area contributed by atoms with Crippen molar-refractivity contribution in [3.8, 4) is 0 Å². The molecule has 1 aromatic heterocycles. The number of pyridine rings is 1. The maximum absolute atomic E-state index is 12.8. The van der Waals surface area contributed by atoms with Gasteiger partial charge in [0.05, 0.1) is 4.90 Å². The number of likely N-dealkylation sites (tertiary alicyclic amines) is 1. The van der Waals surface area contributed by atoms with E-state index in [0.717, 1.165) is 43.5 Å². The van der Waals surface area contributed by atoms with Crippen molar-refractivity contribution in [1.82, 2.24) is 14.6 Å².